The molecule has 41 heavy (non-hydrogen) atoms. The molecule has 1 fully saturated rings. The minimum Gasteiger partial charge on any atom is -0.483 e. The van der Waals surface area contributed by atoms with Crippen molar-refractivity contribution in [3.8, 4) is 5.75 Å². The molecular weight excluding hydrogens is 576 g/mol. The molecule has 0 saturated heterocycles. The van der Waals surface area contributed by atoms with Crippen molar-refractivity contribution >= 4 is 27.7 Å². The number of halogens is 1. The summed E-state index contributed by atoms with van der Waals surface area (Å²) in [5.41, 5.74) is 4.31. The fourth-order valence-electron chi connectivity index (χ4n) is 5.30. The molecule has 0 aromatic heterocycles. The SMILES string of the molecule is Cc1ccc(CN(C(=O)COc2ccc(C(C)(C)C)cc2Br)C(Cc2ccccc2)C(=O)NC2CCCCC2)cc1. The highest BCUT2D eigenvalue weighted by molar-refractivity contribution is 9.10. The maximum absolute atomic E-state index is 14.0. The lowest BCUT2D eigenvalue weighted by Crippen LogP contribution is -2.53. The summed E-state index contributed by atoms with van der Waals surface area (Å²) in [6.45, 7) is 8.68. The summed E-state index contributed by atoms with van der Waals surface area (Å²) in [4.78, 5) is 29.6. The van der Waals surface area contributed by atoms with Crippen LogP contribution < -0.4 is 10.1 Å². The summed E-state index contributed by atoms with van der Waals surface area (Å²) in [5.74, 6) is 0.280. The van der Waals surface area contributed by atoms with E-state index >= 15 is 0 Å². The molecular formula is C35H43BrN2O3. The minimum absolute atomic E-state index is 0.00192. The van der Waals surface area contributed by atoms with Crippen LogP contribution >= 0.6 is 15.9 Å². The van der Waals surface area contributed by atoms with Gasteiger partial charge in [-0.05, 0) is 69.9 Å². The predicted molar refractivity (Wildman–Crippen MR) is 169 cm³/mol. The van der Waals surface area contributed by atoms with Crippen LogP contribution in [0.15, 0.2) is 77.3 Å². The Bertz CT molecular complexity index is 1300. The molecule has 4 rings (SSSR count). The van der Waals surface area contributed by atoms with Crippen LogP contribution in [0.25, 0.3) is 0 Å². The van der Waals surface area contributed by atoms with Crippen LogP contribution in [0.1, 0.15) is 75.1 Å². The number of aryl methyl sites for hydroxylation is 1. The van der Waals surface area contributed by atoms with Crippen LogP contribution in [-0.2, 0) is 28.0 Å². The van der Waals surface area contributed by atoms with E-state index in [4.69, 9.17) is 4.74 Å². The van der Waals surface area contributed by atoms with E-state index in [1.54, 1.807) is 4.90 Å². The quantitative estimate of drug-likeness (QED) is 0.255. The lowest BCUT2D eigenvalue weighted by molar-refractivity contribution is -0.143. The zero-order valence-corrected chi connectivity index (χ0v) is 26.4. The topological polar surface area (TPSA) is 58.6 Å². The molecule has 2 amide bonds. The fraction of sp³-hybridized carbons (Fsp3) is 0.429. The van der Waals surface area contributed by atoms with Crippen LogP contribution in [0.2, 0.25) is 0 Å². The smallest absolute Gasteiger partial charge is 0.261 e. The summed E-state index contributed by atoms with van der Waals surface area (Å²) in [6.07, 6.45) is 5.85. The van der Waals surface area contributed by atoms with Crippen molar-refractivity contribution in [1.82, 2.24) is 10.2 Å². The summed E-state index contributed by atoms with van der Waals surface area (Å²) in [7, 11) is 0. The molecule has 0 heterocycles. The Labute approximate surface area is 253 Å². The number of ether oxygens (including phenoxy) is 1. The molecule has 1 aliphatic carbocycles. The first-order valence-corrected chi connectivity index (χ1v) is 15.5. The molecule has 0 spiro atoms. The van der Waals surface area contributed by atoms with Gasteiger partial charge in [0.2, 0.25) is 5.91 Å². The van der Waals surface area contributed by atoms with Gasteiger partial charge in [-0.2, -0.15) is 0 Å². The van der Waals surface area contributed by atoms with E-state index in [1.165, 1.54) is 12.0 Å². The van der Waals surface area contributed by atoms with Crippen LogP contribution in [0, 0.1) is 6.92 Å². The van der Waals surface area contributed by atoms with Crippen LogP contribution in [0.3, 0.4) is 0 Å². The Morgan fingerprint density at radius 2 is 1.63 bits per heavy atom. The van der Waals surface area contributed by atoms with Gasteiger partial charge in [0.15, 0.2) is 6.61 Å². The number of hydrogen-bond donors (Lipinski definition) is 1. The van der Waals surface area contributed by atoms with Crippen molar-refractivity contribution in [3.63, 3.8) is 0 Å². The number of carbonyl (C=O) groups excluding carboxylic acids is 2. The Morgan fingerprint density at radius 1 is 0.951 bits per heavy atom. The fourth-order valence-corrected chi connectivity index (χ4v) is 5.79. The highest BCUT2D eigenvalue weighted by Gasteiger charge is 2.32. The predicted octanol–water partition coefficient (Wildman–Crippen LogP) is 7.52. The number of hydrogen-bond acceptors (Lipinski definition) is 3. The zero-order valence-electron chi connectivity index (χ0n) is 24.8. The third-order valence-electron chi connectivity index (χ3n) is 7.85. The third kappa shape index (κ3) is 8.93. The first-order chi connectivity index (χ1) is 19.6. The number of rotatable bonds is 10. The summed E-state index contributed by atoms with van der Waals surface area (Å²) >= 11 is 3.62. The van der Waals surface area contributed by atoms with E-state index in [9.17, 15) is 9.59 Å². The molecule has 0 bridgehead atoms. The maximum Gasteiger partial charge on any atom is 0.261 e. The second-order valence-corrected chi connectivity index (χ2v) is 13.1. The van der Waals surface area contributed by atoms with Gasteiger partial charge in [0.1, 0.15) is 11.8 Å². The van der Waals surface area contributed by atoms with Crippen LogP contribution in [-0.4, -0.2) is 35.4 Å². The standard InChI is InChI=1S/C35H43BrN2O3/c1-25-15-17-27(18-16-25)23-38(33(39)24-41-32-20-19-28(22-30(32)36)35(2,3)4)31(21-26-11-7-5-8-12-26)34(40)37-29-13-9-6-10-14-29/h5,7-8,11-12,15-20,22,29,31H,6,9-10,13-14,21,23-24H2,1-4H3,(H,37,40). The van der Waals surface area contributed by atoms with E-state index < -0.39 is 6.04 Å². The zero-order chi connectivity index (χ0) is 29.4. The number of nitrogens with one attached hydrogen (secondary N) is 1. The molecule has 1 N–H and O–H groups in total. The summed E-state index contributed by atoms with van der Waals surface area (Å²) in [6, 6.07) is 23.5. The van der Waals surface area contributed by atoms with Crippen molar-refractivity contribution in [2.75, 3.05) is 6.61 Å². The summed E-state index contributed by atoms with van der Waals surface area (Å²) in [5, 5.41) is 3.29. The monoisotopic (exact) mass is 618 g/mol. The molecule has 5 nitrogen and oxygen atoms in total. The maximum atomic E-state index is 14.0. The number of nitrogens with zero attached hydrogens (tertiary/aromatic N) is 1. The normalized spacial score (nSPS) is 14.8. The second kappa shape index (κ2) is 14.2. The molecule has 1 atom stereocenters. The van der Waals surface area contributed by atoms with Gasteiger partial charge in [0, 0.05) is 19.0 Å². The van der Waals surface area contributed by atoms with E-state index in [1.807, 2.05) is 79.7 Å². The van der Waals surface area contributed by atoms with Crippen LogP contribution in [0.4, 0.5) is 0 Å². The average Bonchev–Trinajstić information content (AvgIpc) is 2.95. The lowest BCUT2D eigenvalue weighted by Gasteiger charge is -2.33. The Hall–Kier alpha value is -3.12. The molecule has 3 aromatic carbocycles. The average molecular weight is 620 g/mol. The van der Waals surface area contributed by atoms with Crippen molar-refractivity contribution in [2.24, 2.45) is 0 Å². The van der Waals surface area contributed by atoms with Gasteiger partial charge in [-0.1, -0.05) is 106 Å². The van der Waals surface area contributed by atoms with E-state index in [2.05, 4.69) is 42.0 Å². The molecule has 0 aliphatic heterocycles. The molecule has 1 unspecified atom stereocenters. The number of benzene rings is 3. The van der Waals surface area contributed by atoms with Crippen LogP contribution in [0.5, 0.6) is 5.75 Å². The molecule has 0 radical (unpaired) electrons. The van der Waals surface area contributed by atoms with Gasteiger partial charge in [-0.25, -0.2) is 0 Å². The van der Waals surface area contributed by atoms with Gasteiger partial charge in [0.25, 0.3) is 5.91 Å². The second-order valence-electron chi connectivity index (χ2n) is 12.2. The minimum atomic E-state index is -0.663. The van der Waals surface area contributed by atoms with Gasteiger partial charge >= 0.3 is 0 Å². The van der Waals surface area contributed by atoms with E-state index in [0.29, 0.717) is 18.7 Å². The Kier molecular flexibility index (Phi) is 10.7. The Balaban J connectivity index is 1.60. The van der Waals surface area contributed by atoms with Gasteiger partial charge in [0.05, 0.1) is 4.47 Å². The van der Waals surface area contributed by atoms with E-state index in [0.717, 1.165) is 46.8 Å². The first-order valence-electron chi connectivity index (χ1n) is 14.7. The van der Waals surface area contributed by atoms with Crippen molar-refractivity contribution in [2.45, 2.75) is 90.3 Å². The van der Waals surface area contributed by atoms with Gasteiger partial charge in [-0.15, -0.1) is 0 Å². The highest BCUT2D eigenvalue weighted by Crippen LogP contribution is 2.31. The lowest BCUT2D eigenvalue weighted by atomic mass is 9.87. The first kappa shape index (κ1) is 30.8. The largest absolute Gasteiger partial charge is 0.483 e. The number of amides is 2. The number of carbonyl (C=O) groups is 2. The Morgan fingerprint density at radius 3 is 2.27 bits per heavy atom. The molecule has 6 heteroatoms. The molecule has 218 valence electrons. The van der Waals surface area contributed by atoms with Gasteiger partial charge in [-0.3, -0.25) is 9.59 Å². The summed E-state index contributed by atoms with van der Waals surface area (Å²) < 4.78 is 6.87. The third-order valence-corrected chi connectivity index (χ3v) is 8.46. The molecule has 3 aromatic rings. The highest BCUT2D eigenvalue weighted by atomic mass is 79.9. The molecule has 1 aliphatic rings. The van der Waals surface area contributed by atoms with E-state index in [-0.39, 0.29) is 29.9 Å². The van der Waals surface area contributed by atoms with Crippen molar-refractivity contribution < 1.29 is 14.3 Å². The van der Waals surface area contributed by atoms with Crippen molar-refractivity contribution in [3.05, 3.63) is 99.5 Å². The molecule has 1 saturated carbocycles. The van der Waals surface area contributed by atoms with Crippen molar-refractivity contribution in [1.29, 1.82) is 0 Å². The van der Waals surface area contributed by atoms with Gasteiger partial charge < -0.3 is 15.0 Å².